The molecule has 0 aromatic rings. The van der Waals surface area contributed by atoms with Gasteiger partial charge in [-0.25, -0.2) is 0 Å². The van der Waals surface area contributed by atoms with Gasteiger partial charge in [0.15, 0.2) is 0 Å². The van der Waals surface area contributed by atoms with E-state index in [0.717, 1.165) is 0 Å². The van der Waals surface area contributed by atoms with E-state index in [9.17, 15) is 0 Å². The number of halogens is 1. The van der Waals surface area contributed by atoms with Gasteiger partial charge in [0.05, 0.1) is 0 Å². The Labute approximate surface area is 118 Å². The average molecular weight is 351 g/mol. The van der Waals surface area contributed by atoms with Crippen LogP contribution < -0.4 is 17.0 Å². The summed E-state index contributed by atoms with van der Waals surface area (Å²) < 4.78 is 0. The Bertz CT molecular complexity index is 48.5. The van der Waals surface area contributed by atoms with Gasteiger partial charge < -0.3 is 32.3 Å². The molecule has 0 fully saturated rings. The van der Waals surface area contributed by atoms with Crippen molar-refractivity contribution in [2.75, 3.05) is 0 Å². The zero-order chi connectivity index (χ0) is 10.7. The fourth-order valence-electron chi connectivity index (χ4n) is 0. The van der Waals surface area contributed by atoms with Gasteiger partial charge in [-0.3, -0.25) is 0 Å². The summed E-state index contributed by atoms with van der Waals surface area (Å²) >= 11 is 0. The van der Waals surface area contributed by atoms with Crippen molar-refractivity contribution >= 4 is 0 Å². The summed E-state index contributed by atoms with van der Waals surface area (Å²) in [6.45, 7) is 10.3. The van der Waals surface area contributed by atoms with E-state index in [2.05, 4.69) is 0 Å². The van der Waals surface area contributed by atoms with E-state index >= 15 is 0 Å². The molecule has 0 unspecified atom stereocenters. The maximum atomic E-state index is 8.06. The zero-order valence-electron chi connectivity index (χ0n) is 9.95. The molecule has 5 heteroatoms. The fraction of sp³-hybridized carbons (Fsp3) is 1.00. The molecule has 3 nitrogen and oxygen atoms in total. The molecule has 0 aliphatic heterocycles. The van der Waals surface area contributed by atoms with Gasteiger partial charge in [0, 0.05) is 44.5 Å². The van der Waals surface area contributed by atoms with Crippen LogP contribution in [0.4, 0.5) is 0 Å². The van der Waals surface area contributed by atoms with Crippen LogP contribution in [0.1, 0.15) is 41.5 Å². The first-order valence-corrected chi connectivity index (χ1v) is 4.24. The molecule has 0 aliphatic rings. The van der Waals surface area contributed by atoms with Gasteiger partial charge in [0.1, 0.15) is 0 Å². The normalized spacial score (nSPS) is 7.71. The Balaban J connectivity index is -0.0000000270. The van der Waals surface area contributed by atoms with Crippen LogP contribution in [0, 0.1) is 0 Å². The molecule has 0 heterocycles. The molecule has 0 amide bonds. The van der Waals surface area contributed by atoms with Crippen LogP contribution in [0.2, 0.25) is 0 Å². The second-order valence-electron chi connectivity index (χ2n) is 3.28. The number of hydrogen-bond donors (Lipinski definition) is 3. The maximum Gasteiger partial charge on any atom is 0.0483 e. The molecule has 0 aliphatic carbocycles. The monoisotopic (exact) mass is 349 g/mol. The second kappa shape index (κ2) is 23.8. The Morgan fingerprint density at radius 1 is 0.571 bits per heavy atom. The summed E-state index contributed by atoms with van der Waals surface area (Å²) in [5.74, 6) is 0. The first-order valence-electron chi connectivity index (χ1n) is 4.24. The minimum Gasteiger partial charge on any atom is -1.00 e. The van der Waals surface area contributed by atoms with Crippen molar-refractivity contribution in [3.05, 3.63) is 0 Å². The molecular weight excluding hydrogens is 327 g/mol. The van der Waals surface area contributed by atoms with Crippen molar-refractivity contribution in [1.29, 1.82) is 0 Å². The van der Waals surface area contributed by atoms with Gasteiger partial charge in [0.2, 0.25) is 0 Å². The van der Waals surface area contributed by atoms with Crippen molar-refractivity contribution in [2.24, 2.45) is 0 Å². The molecule has 0 saturated carbocycles. The number of hydrogen-bond acceptors (Lipinski definition) is 3. The van der Waals surface area contributed by atoms with Crippen LogP contribution >= 0.6 is 0 Å². The van der Waals surface area contributed by atoms with Crippen LogP contribution in [0.5, 0.6) is 0 Å². The molecule has 0 rings (SSSR count). The van der Waals surface area contributed by atoms with E-state index in [-0.39, 0.29) is 61.5 Å². The van der Waals surface area contributed by atoms with Crippen molar-refractivity contribution in [3.63, 3.8) is 0 Å². The third-order valence-electron chi connectivity index (χ3n) is 0. The third-order valence-corrected chi connectivity index (χ3v) is 0. The molecule has 0 atom stereocenters. The molecule has 0 aromatic carbocycles. The van der Waals surface area contributed by atoms with Crippen molar-refractivity contribution in [2.45, 2.75) is 59.9 Å². The topological polar surface area (TPSA) is 60.7 Å². The van der Waals surface area contributed by atoms with E-state index in [1.54, 1.807) is 41.5 Å². The summed E-state index contributed by atoms with van der Waals surface area (Å²) in [5, 5.41) is 24.2. The van der Waals surface area contributed by atoms with Crippen LogP contribution in [0.15, 0.2) is 0 Å². The molecule has 90 valence electrons. The Morgan fingerprint density at radius 2 is 0.571 bits per heavy atom. The summed E-state index contributed by atoms with van der Waals surface area (Å²) in [4.78, 5) is 0. The predicted octanol–water partition coefficient (Wildman–Crippen LogP) is -1.84. The first kappa shape index (κ1) is 29.5. The molecule has 3 N–H and O–H groups in total. The zero-order valence-corrected chi connectivity index (χ0v) is 14.0. The van der Waals surface area contributed by atoms with Gasteiger partial charge in [-0.15, -0.1) is 0 Å². The first-order chi connectivity index (χ1) is 5.20. The van der Waals surface area contributed by atoms with Crippen molar-refractivity contribution in [1.82, 2.24) is 0 Å². The van der Waals surface area contributed by atoms with E-state index in [0.29, 0.717) is 0 Å². The Hall–Kier alpha value is 1.24. The standard InChI is InChI=1S/3C3H8O.BrH.Zr/c3*1-3(2)4;;/h3*3-4H,1-2H3;1H;/p-1. The van der Waals surface area contributed by atoms with Crippen LogP contribution in [-0.4, -0.2) is 33.6 Å². The van der Waals surface area contributed by atoms with Gasteiger partial charge in [-0.05, 0) is 41.5 Å². The molecule has 0 spiro atoms. The van der Waals surface area contributed by atoms with Gasteiger partial charge in [-0.2, -0.15) is 0 Å². The van der Waals surface area contributed by atoms with Gasteiger partial charge in [-0.1, -0.05) is 0 Å². The van der Waals surface area contributed by atoms with E-state index in [4.69, 9.17) is 15.3 Å². The maximum absolute atomic E-state index is 8.06. The number of aliphatic hydroxyl groups excluding tert-OH is 3. The summed E-state index contributed by atoms with van der Waals surface area (Å²) in [7, 11) is 0. The minimum atomic E-state index is -0.167. The van der Waals surface area contributed by atoms with Gasteiger partial charge >= 0.3 is 0 Å². The average Bonchev–Trinajstić information content (AvgIpc) is 1.54. The van der Waals surface area contributed by atoms with Crippen molar-refractivity contribution in [3.8, 4) is 0 Å². The van der Waals surface area contributed by atoms with Crippen LogP contribution in [0.3, 0.4) is 0 Å². The number of rotatable bonds is 0. The largest absolute Gasteiger partial charge is 1.00 e. The molecule has 0 radical (unpaired) electrons. The van der Waals surface area contributed by atoms with E-state index < -0.39 is 0 Å². The van der Waals surface area contributed by atoms with E-state index in [1.807, 2.05) is 0 Å². The van der Waals surface area contributed by atoms with Crippen LogP contribution in [-0.2, 0) is 26.2 Å². The Morgan fingerprint density at radius 3 is 0.571 bits per heavy atom. The predicted molar refractivity (Wildman–Crippen MR) is 52.1 cm³/mol. The fourth-order valence-corrected chi connectivity index (χ4v) is 0. The van der Waals surface area contributed by atoms with Gasteiger partial charge in [0.25, 0.3) is 0 Å². The van der Waals surface area contributed by atoms with Crippen LogP contribution in [0.25, 0.3) is 0 Å². The SMILES string of the molecule is CC(C)O.CC(C)O.CC(C)O.[Br-].[Zr]. The van der Waals surface area contributed by atoms with E-state index in [1.165, 1.54) is 0 Å². The molecule has 0 saturated heterocycles. The molecule has 0 aromatic heterocycles. The van der Waals surface area contributed by atoms with Crippen molar-refractivity contribution < 1.29 is 58.5 Å². The molecule has 0 bridgehead atoms. The number of aliphatic hydroxyl groups is 3. The second-order valence-corrected chi connectivity index (χ2v) is 3.28. The quantitative estimate of drug-likeness (QED) is 0.481. The summed E-state index contributed by atoms with van der Waals surface area (Å²) in [6.07, 6.45) is -0.500. The molecular formula is C9H24BrO3Zr-. The summed E-state index contributed by atoms with van der Waals surface area (Å²) in [6, 6.07) is 0. The molecule has 14 heavy (non-hydrogen) atoms. The summed E-state index contributed by atoms with van der Waals surface area (Å²) in [5.41, 5.74) is 0. The third kappa shape index (κ3) is 1280. The Kier molecular flexibility index (Phi) is 50.1. The minimum absolute atomic E-state index is 0. The smallest absolute Gasteiger partial charge is 0.0483 e.